The van der Waals surface area contributed by atoms with E-state index in [1.54, 1.807) is 11.3 Å². The average Bonchev–Trinajstić information content (AvgIpc) is 3.37. The van der Waals surface area contributed by atoms with Gasteiger partial charge in [0.25, 0.3) is 11.8 Å². The number of hydrogen-bond acceptors (Lipinski definition) is 3. The van der Waals surface area contributed by atoms with Crippen LogP contribution in [0.25, 0.3) is 0 Å². The fourth-order valence-corrected chi connectivity index (χ4v) is 4.08. The summed E-state index contributed by atoms with van der Waals surface area (Å²) < 4.78 is 0. The number of benzene rings is 1. The second-order valence-corrected chi connectivity index (χ2v) is 9.09. The Morgan fingerprint density at radius 2 is 1.89 bits per heavy atom. The maximum absolute atomic E-state index is 13.0. The van der Waals surface area contributed by atoms with E-state index >= 15 is 0 Å². The highest BCUT2D eigenvalue weighted by molar-refractivity contribution is 7.11. The summed E-state index contributed by atoms with van der Waals surface area (Å²) in [4.78, 5) is 30.3. The minimum Gasteiger partial charge on any atom is -0.348 e. The number of hydrogen-bond donors (Lipinski definition) is 2. The molecule has 1 unspecified atom stereocenters. The molecule has 0 radical (unpaired) electrons. The summed E-state index contributed by atoms with van der Waals surface area (Å²) in [6.45, 7) is 4.07. The zero-order valence-corrected chi connectivity index (χ0v) is 17.6. The molecule has 1 aliphatic carbocycles. The third kappa shape index (κ3) is 6.77. The lowest BCUT2D eigenvalue weighted by Gasteiger charge is -2.24. The fraction of sp³-hybridized carbons (Fsp3) is 0.455. The van der Waals surface area contributed by atoms with Gasteiger partial charge in [0, 0.05) is 22.3 Å². The van der Waals surface area contributed by atoms with E-state index in [1.807, 2.05) is 30.1 Å². The first-order chi connectivity index (χ1) is 13.5. The van der Waals surface area contributed by atoms with Crippen LogP contribution in [0.2, 0.25) is 0 Å². The van der Waals surface area contributed by atoms with E-state index in [1.165, 1.54) is 15.3 Å². The van der Waals surface area contributed by atoms with Gasteiger partial charge < -0.3 is 15.1 Å². The Bertz CT molecular complexity index is 786. The molecule has 1 atom stereocenters. The summed E-state index contributed by atoms with van der Waals surface area (Å²) >= 11 is 1.73. The highest BCUT2D eigenvalue weighted by Crippen LogP contribution is 2.18. The topological polar surface area (TPSA) is 53.9 Å². The molecule has 2 amide bonds. The molecule has 6 heteroatoms. The van der Waals surface area contributed by atoms with Crippen molar-refractivity contribution >= 4 is 23.2 Å². The van der Waals surface area contributed by atoms with Crippen molar-refractivity contribution in [1.29, 1.82) is 0 Å². The van der Waals surface area contributed by atoms with E-state index in [-0.39, 0.29) is 11.8 Å². The molecule has 0 saturated heterocycles. The van der Waals surface area contributed by atoms with Crippen LogP contribution < -0.4 is 10.2 Å². The minimum absolute atomic E-state index is 0.0394. The average molecular weight is 401 g/mol. The quantitative estimate of drug-likeness (QED) is 0.634. The lowest BCUT2D eigenvalue weighted by atomic mass is 10.1. The van der Waals surface area contributed by atoms with Gasteiger partial charge in [0.1, 0.15) is 0 Å². The second-order valence-electron chi connectivity index (χ2n) is 7.72. The Kier molecular flexibility index (Phi) is 7.23. The monoisotopic (exact) mass is 400 g/mol. The molecule has 0 spiro atoms. The van der Waals surface area contributed by atoms with Crippen molar-refractivity contribution in [2.24, 2.45) is 0 Å². The number of nitrogens with one attached hydrogen (secondary N) is 2. The molecule has 1 heterocycles. The largest absolute Gasteiger partial charge is 0.348 e. The number of aryl methyl sites for hydroxylation is 1. The van der Waals surface area contributed by atoms with Gasteiger partial charge in [-0.05, 0) is 43.9 Å². The number of thiophene rings is 1. The van der Waals surface area contributed by atoms with Crippen molar-refractivity contribution in [3.8, 4) is 0 Å². The van der Waals surface area contributed by atoms with E-state index in [2.05, 4.69) is 36.5 Å². The van der Waals surface area contributed by atoms with E-state index in [9.17, 15) is 9.59 Å². The van der Waals surface area contributed by atoms with Crippen LogP contribution in [0, 0.1) is 6.92 Å². The van der Waals surface area contributed by atoms with Gasteiger partial charge in [-0.15, -0.1) is 11.3 Å². The molecular formula is C22H30N3O2S+. The molecule has 1 saturated carbocycles. The van der Waals surface area contributed by atoms with Crippen molar-refractivity contribution in [1.82, 2.24) is 10.2 Å². The van der Waals surface area contributed by atoms with Crippen LogP contribution >= 0.6 is 11.3 Å². The number of rotatable bonds is 10. The molecule has 150 valence electrons. The summed E-state index contributed by atoms with van der Waals surface area (Å²) in [5.41, 5.74) is 1.23. The lowest BCUT2D eigenvalue weighted by Crippen LogP contribution is -3.11. The molecule has 2 N–H and O–H groups in total. The Balaban J connectivity index is 1.57. The number of quaternary nitrogens is 1. The molecule has 0 aliphatic heterocycles. The maximum atomic E-state index is 13.0. The molecule has 28 heavy (non-hydrogen) atoms. The van der Waals surface area contributed by atoms with Crippen molar-refractivity contribution in [2.75, 3.05) is 26.7 Å². The van der Waals surface area contributed by atoms with Crippen LogP contribution in [0.1, 0.15) is 28.2 Å². The number of carbonyl (C=O) groups is 2. The molecule has 0 bridgehead atoms. The van der Waals surface area contributed by atoms with Crippen molar-refractivity contribution in [2.45, 2.75) is 38.8 Å². The van der Waals surface area contributed by atoms with Crippen LogP contribution in [0.3, 0.4) is 0 Å². The Morgan fingerprint density at radius 1 is 1.14 bits per heavy atom. The van der Waals surface area contributed by atoms with Crippen molar-refractivity contribution < 1.29 is 14.5 Å². The second kappa shape index (κ2) is 9.85. The van der Waals surface area contributed by atoms with Crippen LogP contribution in [-0.4, -0.2) is 49.4 Å². The first-order valence-electron chi connectivity index (χ1n) is 9.97. The highest BCUT2D eigenvalue weighted by atomic mass is 32.1. The molecular weight excluding hydrogens is 370 g/mol. The first-order valence-corrected chi connectivity index (χ1v) is 10.8. The molecule has 1 aliphatic rings. The summed E-state index contributed by atoms with van der Waals surface area (Å²) in [5, 5.41) is 2.99. The van der Waals surface area contributed by atoms with Crippen LogP contribution in [0.15, 0.2) is 42.5 Å². The number of carbonyl (C=O) groups excluding carboxylic acids is 2. The van der Waals surface area contributed by atoms with Gasteiger partial charge in [-0.25, -0.2) is 0 Å². The number of nitrogens with zero attached hydrogens (tertiary/aromatic N) is 1. The molecule has 2 aromatic rings. The standard InChI is InChI=1S/C22H29N3O2S/c1-17-8-11-20(28-17)14-25(13-12-18-6-4-3-5-7-18)22(27)16-24(2)15-21(26)23-19-9-10-19/h3-8,11,19H,9-10,12-16H2,1-2H3,(H,23,26)/p+1. The SMILES string of the molecule is Cc1ccc(CN(CCc2ccccc2)C(=O)C[NH+](C)CC(=O)NC2CC2)s1. The van der Waals surface area contributed by atoms with Crippen molar-refractivity contribution in [3.05, 3.63) is 57.8 Å². The van der Waals surface area contributed by atoms with E-state index < -0.39 is 0 Å². The number of likely N-dealkylation sites (N-methyl/N-ethyl adjacent to an activating group) is 1. The predicted molar refractivity (Wildman–Crippen MR) is 112 cm³/mol. The Labute approximate surface area is 171 Å². The zero-order valence-electron chi connectivity index (χ0n) is 16.7. The third-order valence-corrected chi connectivity index (χ3v) is 5.85. The summed E-state index contributed by atoms with van der Waals surface area (Å²) in [6.07, 6.45) is 2.99. The van der Waals surface area contributed by atoms with Gasteiger partial charge in [0.15, 0.2) is 13.1 Å². The third-order valence-electron chi connectivity index (χ3n) is 4.87. The van der Waals surface area contributed by atoms with E-state index in [0.29, 0.717) is 32.2 Å². The lowest BCUT2D eigenvalue weighted by molar-refractivity contribution is -0.863. The van der Waals surface area contributed by atoms with Gasteiger partial charge in [0.2, 0.25) is 0 Å². The normalized spacial score (nSPS) is 14.5. The van der Waals surface area contributed by atoms with Gasteiger partial charge in [-0.3, -0.25) is 9.59 Å². The zero-order chi connectivity index (χ0) is 19.9. The molecule has 1 aromatic carbocycles. The highest BCUT2D eigenvalue weighted by Gasteiger charge is 2.25. The van der Waals surface area contributed by atoms with Gasteiger partial charge in [-0.2, -0.15) is 0 Å². The minimum atomic E-state index is 0.0394. The Hall–Kier alpha value is -2.18. The van der Waals surface area contributed by atoms with Gasteiger partial charge in [0.05, 0.1) is 13.6 Å². The van der Waals surface area contributed by atoms with Gasteiger partial charge >= 0.3 is 0 Å². The maximum Gasteiger partial charge on any atom is 0.278 e. The summed E-state index contributed by atoms with van der Waals surface area (Å²) in [7, 11) is 1.91. The van der Waals surface area contributed by atoms with Crippen LogP contribution in [-0.2, 0) is 22.6 Å². The van der Waals surface area contributed by atoms with Crippen LogP contribution in [0.5, 0.6) is 0 Å². The molecule has 1 aromatic heterocycles. The van der Waals surface area contributed by atoms with Crippen LogP contribution in [0.4, 0.5) is 0 Å². The Morgan fingerprint density at radius 3 is 2.54 bits per heavy atom. The molecule has 5 nitrogen and oxygen atoms in total. The van der Waals surface area contributed by atoms with Crippen molar-refractivity contribution in [3.63, 3.8) is 0 Å². The predicted octanol–water partition coefficient (Wildman–Crippen LogP) is 1.42. The molecule has 1 fully saturated rings. The number of amides is 2. The molecule has 3 rings (SSSR count). The van der Waals surface area contributed by atoms with E-state index in [0.717, 1.165) is 24.2 Å². The first kappa shape index (κ1) is 20.6. The van der Waals surface area contributed by atoms with Gasteiger partial charge in [-0.1, -0.05) is 30.3 Å². The van der Waals surface area contributed by atoms with E-state index in [4.69, 9.17) is 0 Å². The summed E-state index contributed by atoms with van der Waals surface area (Å²) in [5.74, 6) is 0.135. The summed E-state index contributed by atoms with van der Waals surface area (Å²) in [6, 6.07) is 14.8. The smallest absolute Gasteiger partial charge is 0.278 e. The fourth-order valence-electron chi connectivity index (χ4n) is 3.17.